The van der Waals surface area contributed by atoms with Crippen LogP contribution in [0.5, 0.6) is 0 Å². The van der Waals surface area contributed by atoms with E-state index in [0.29, 0.717) is 0 Å². The third-order valence-electron chi connectivity index (χ3n) is 5.61. The largest absolute Gasteiger partial charge is 0.416 e. The molecule has 0 aliphatic heterocycles. The van der Waals surface area contributed by atoms with Crippen molar-refractivity contribution < 1.29 is 30.8 Å². The molecule has 12 heteroatoms. The standard InChI is InChI=1S/C24H19F4N3O4S/c1-2-36(34,35)30-23(33)21-20(16-7-5-11-29-22(16)32)17-12-15(24(26,27)28)9-10-19(17)31(21)13-14-6-3-4-8-18(14)25/h3-12H,2,13H2,1H3,(H,29,32)(H,30,33). The molecule has 0 saturated carbocycles. The number of carbonyl (C=O) groups is 1. The van der Waals surface area contributed by atoms with E-state index < -0.39 is 50.5 Å². The number of carbonyl (C=O) groups excluding carboxylic acids is 1. The van der Waals surface area contributed by atoms with Crippen LogP contribution in [-0.4, -0.2) is 29.6 Å². The van der Waals surface area contributed by atoms with Gasteiger partial charge in [0.05, 0.1) is 17.9 Å². The van der Waals surface area contributed by atoms with E-state index in [1.807, 2.05) is 4.72 Å². The Balaban J connectivity index is 2.13. The van der Waals surface area contributed by atoms with Crippen LogP contribution in [0.4, 0.5) is 17.6 Å². The van der Waals surface area contributed by atoms with Crippen LogP contribution in [0.2, 0.25) is 0 Å². The van der Waals surface area contributed by atoms with E-state index in [4.69, 9.17) is 0 Å². The van der Waals surface area contributed by atoms with Crippen LogP contribution >= 0.6 is 0 Å². The molecule has 0 unspecified atom stereocenters. The number of hydrogen-bond donors (Lipinski definition) is 2. The summed E-state index contributed by atoms with van der Waals surface area (Å²) in [4.78, 5) is 28.4. The smallest absolute Gasteiger partial charge is 0.331 e. The molecular formula is C24H19F4N3O4S. The lowest BCUT2D eigenvalue weighted by atomic mass is 10.0. The average Bonchev–Trinajstić information content (AvgIpc) is 3.13. The Morgan fingerprint density at radius 3 is 2.44 bits per heavy atom. The monoisotopic (exact) mass is 521 g/mol. The highest BCUT2D eigenvalue weighted by Crippen LogP contribution is 2.38. The Kier molecular flexibility index (Phi) is 6.48. The van der Waals surface area contributed by atoms with Gasteiger partial charge in [0.2, 0.25) is 10.0 Å². The lowest BCUT2D eigenvalue weighted by Crippen LogP contribution is -2.33. The van der Waals surface area contributed by atoms with Gasteiger partial charge in [-0.05, 0) is 43.3 Å². The summed E-state index contributed by atoms with van der Waals surface area (Å²) >= 11 is 0. The minimum absolute atomic E-state index is 0.0727. The predicted octanol–water partition coefficient (Wildman–Crippen LogP) is 4.28. The molecule has 188 valence electrons. The molecule has 36 heavy (non-hydrogen) atoms. The minimum atomic E-state index is -4.74. The molecule has 0 bridgehead atoms. The van der Waals surface area contributed by atoms with E-state index in [1.165, 1.54) is 54.1 Å². The van der Waals surface area contributed by atoms with E-state index in [1.54, 1.807) is 0 Å². The average molecular weight is 521 g/mol. The van der Waals surface area contributed by atoms with Crippen molar-refractivity contribution in [1.29, 1.82) is 0 Å². The molecular weight excluding hydrogens is 502 g/mol. The van der Waals surface area contributed by atoms with Crippen molar-refractivity contribution in [2.75, 3.05) is 5.75 Å². The maximum Gasteiger partial charge on any atom is 0.416 e. The Hall–Kier alpha value is -3.93. The minimum Gasteiger partial charge on any atom is -0.331 e. The number of pyridine rings is 1. The zero-order valence-electron chi connectivity index (χ0n) is 18.7. The summed E-state index contributed by atoms with van der Waals surface area (Å²) in [6.45, 7) is 0.969. The van der Waals surface area contributed by atoms with E-state index in [9.17, 15) is 35.6 Å². The molecule has 2 N–H and O–H groups in total. The molecule has 4 aromatic rings. The number of amides is 1. The molecule has 7 nitrogen and oxygen atoms in total. The number of fused-ring (bicyclic) bond motifs is 1. The molecule has 2 aromatic heterocycles. The number of sulfonamides is 1. The van der Waals surface area contributed by atoms with Gasteiger partial charge in [0.25, 0.3) is 11.5 Å². The SMILES string of the molecule is CCS(=O)(=O)NC(=O)c1c(-c2ccc[nH]c2=O)c2cc(C(F)(F)F)ccc2n1Cc1ccccc1F. The first-order chi connectivity index (χ1) is 16.9. The Labute approximate surface area is 202 Å². The molecule has 0 saturated heterocycles. The van der Waals surface area contributed by atoms with Crippen molar-refractivity contribution in [2.45, 2.75) is 19.6 Å². The number of nitrogens with zero attached hydrogens (tertiary/aromatic N) is 1. The number of aromatic amines is 1. The first kappa shape index (κ1) is 25.2. The van der Waals surface area contributed by atoms with Crippen molar-refractivity contribution in [3.05, 3.63) is 93.8 Å². The number of alkyl halides is 3. The van der Waals surface area contributed by atoms with Gasteiger partial charge >= 0.3 is 6.18 Å². The number of hydrogen-bond acceptors (Lipinski definition) is 4. The van der Waals surface area contributed by atoms with Crippen LogP contribution in [-0.2, 0) is 22.7 Å². The molecule has 0 spiro atoms. The van der Waals surface area contributed by atoms with E-state index >= 15 is 0 Å². The lowest BCUT2D eigenvalue weighted by molar-refractivity contribution is -0.137. The van der Waals surface area contributed by atoms with Gasteiger partial charge in [-0.1, -0.05) is 18.2 Å². The molecule has 0 atom stereocenters. The number of aromatic nitrogens is 2. The molecule has 0 fully saturated rings. The summed E-state index contributed by atoms with van der Waals surface area (Å²) in [5.41, 5.74) is -2.36. The normalized spacial score (nSPS) is 12.1. The summed E-state index contributed by atoms with van der Waals surface area (Å²) in [6, 6.07) is 11.0. The summed E-state index contributed by atoms with van der Waals surface area (Å²) in [5.74, 6) is -2.26. The van der Waals surface area contributed by atoms with Crippen molar-refractivity contribution in [1.82, 2.24) is 14.3 Å². The maximum atomic E-state index is 14.5. The first-order valence-electron chi connectivity index (χ1n) is 10.6. The molecule has 2 aromatic carbocycles. The number of rotatable bonds is 6. The van der Waals surface area contributed by atoms with E-state index in [2.05, 4.69) is 4.98 Å². The predicted molar refractivity (Wildman–Crippen MR) is 125 cm³/mol. The third-order valence-corrected chi connectivity index (χ3v) is 6.86. The maximum absolute atomic E-state index is 14.5. The second kappa shape index (κ2) is 9.26. The number of benzene rings is 2. The lowest BCUT2D eigenvalue weighted by Gasteiger charge is -2.13. The van der Waals surface area contributed by atoms with Gasteiger partial charge in [0.15, 0.2) is 0 Å². The van der Waals surface area contributed by atoms with E-state index in [0.717, 1.165) is 18.2 Å². The molecule has 0 aliphatic carbocycles. The van der Waals surface area contributed by atoms with Crippen LogP contribution < -0.4 is 10.3 Å². The summed E-state index contributed by atoms with van der Waals surface area (Å²) in [5, 5.41) is -0.128. The fourth-order valence-electron chi connectivity index (χ4n) is 3.88. The third kappa shape index (κ3) is 4.76. The van der Waals surface area contributed by atoms with Gasteiger partial charge < -0.3 is 9.55 Å². The van der Waals surface area contributed by atoms with Crippen LogP contribution in [0.3, 0.4) is 0 Å². The zero-order valence-corrected chi connectivity index (χ0v) is 19.5. The van der Waals surface area contributed by atoms with Crippen molar-refractivity contribution in [3.8, 4) is 11.1 Å². The van der Waals surface area contributed by atoms with Crippen molar-refractivity contribution in [2.24, 2.45) is 0 Å². The van der Waals surface area contributed by atoms with Crippen LogP contribution in [0.15, 0.2) is 65.6 Å². The van der Waals surface area contributed by atoms with E-state index in [-0.39, 0.29) is 34.1 Å². The molecule has 2 heterocycles. The molecule has 4 rings (SSSR count). The zero-order chi connectivity index (χ0) is 26.3. The van der Waals surface area contributed by atoms with Crippen LogP contribution in [0.1, 0.15) is 28.5 Å². The summed E-state index contributed by atoms with van der Waals surface area (Å²) in [6.07, 6.45) is -3.44. The Morgan fingerprint density at radius 2 is 1.81 bits per heavy atom. The first-order valence-corrected chi connectivity index (χ1v) is 12.3. The highest BCUT2D eigenvalue weighted by atomic mass is 32.2. The van der Waals surface area contributed by atoms with Crippen molar-refractivity contribution in [3.63, 3.8) is 0 Å². The highest BCUT2D eigenvalue weighted by Gasteiger charge is 2.33. The van der Waals surface area contributed by atoms with Gasteiger partial charge in [-0.25, -0.2) is 17.5 Å². The molecule has 1 amide bonds. The summed E-state index contributed by atoms with van der Waals surface area (Å²) < 4.78 is 82.8. The van der Waals surface area contributed by atoms with Gasteiger partial charge in [-0.2, -0.15) is 13.2 Å². The van der Waals surface area contributed by atoms with Gasteiger partial charge in [0, 0.05) is 33.8 Å². The number of halogens is 4. The summed E-state index contributed by atoms with van der Waals surface area (Å²) in [7, 11) is -4.10. The highest BCUT2D eigenvalue weighted by molar-refractivity contribution is 7.90. The number of H-pyrrole nitrogens is 1. The fourth-order valence-corrected chi connectivity index (χ4v) is 4.40. The Morgan fingerprint density at radius 1 is 1.08 bits per heavy atom. The second-order valence-electron chi connectivity index (χ2n) is 7.88. The molecule has 0 aliphatic rings. The second-order valence-corrected chi connectivity index (χ2v) is 9.89. The Bertz CT molecular complexity index is 1640. The quantitative estimate of drug-likeness (QED) is 0.370. The van der Waals surface area contributed by atoms with Gasteiger partial charge in [-0.3, -0.25) is 9.59 Å². The van der Waals surface area contributed by atoms with Crippen LogP contribution in [0, 0.1) is 5.82 Å². The molecule has 0 radical (unpaired) electrons. The van der Waals surface area contributed by atoms with Gasteiger partial charge in [-0.15, -0.1) is 0 Å². The van der Waals surface area contributed by atoms with Crippen molar-refractivity contribution >= 4 is 26.8 Å². The van der Waals surface area contributed by atoms with Crippen LogP contribution in [0.25, 0.3) is 22.0 Å². The fraction of sp³-hybridized carbons (Fsp3) is 0.167. The topological polar surface area (TPSA) is 101 Å². The number of nitrogens with one attached hydrogen (secondary N) is 2. The van der Waals surface area contributed by atoms with Gasteiger partial charge in [0.1, 0.15) is 11.5 Å².